The van der Waals surface area contributed by atoms with E-state index in [2.05, 4.69) is 4.74 Å². The maximum absolute atomic E-state index is 12.6. The van der Waals surface area contributed by atoms with Gasteiger partial charge in [-0.05, 0) is 49.4 Å². The zero-order valence-corrected chi connectivity index (χ0v) is 13.9. The van der Waals surface area contributed by atoms with Gasteiger partial charge in [0, 0.05) is 0 Å². The summed E-state index contributed by atoms with van der Waals surface area (Å²) in [6, 6.07) is 5.39. The number of hydrogen-bond donors (Lipinski definition) is 0. The van der Waals surface area contributed by atoms with Gasteiger partial charge in [0.2, 0.25) is 0 Å². The normalized spacial score (nSPS) is 13.3. The van der Waals surface area contributed by atoms with Crippen LogP contribution in [0, 0.1) is 0 Å². The number of esters is 1. The molecule has 0 saturated heterocycles. The molecule has 0 spiro atoms. The number of halogens is 3. The minimum absolute atomic E-state index is 0.0263. The molecule has 0 N–H and O–H groups in total. The monoisotopic (exact) mass is 359 g/mol. The van der Waals surface area contributed by atoms with E-state index in [-0.39, 0.29) is 6.61 Å². The summed E-state index contributed by atoms with van der Waals surface area (Å²) in [7, 11) is 0. The average Bonchev–Trinajstić information content (AvgIpc) is 2.98. The zero-order chi connectivity index (χ0) is 18.4. The van der Waals surface area contributed by atoms with Gasteiger partial charge < -0.3 is 14.4 Å². The number of hydrogen-bond acceptors (Lipinski definition) is 4. The first-order valence-corrected chi connectivity index (χ1v) is 8.03. The molecule has 0 heterocycles. The van der Waals surface area contributed by atoms with Crippen molar-refractivity contribution in [3.63, 3.8) is 0 Å². The molecule has 1 aromatic carbocycles. The second-order valence-electron chi connectivity index (χ2n) is 5.74. The Morgan fingerprint density at radius 3 is 2.60 bits per heavy atom. The zero-order valence-electron chi connectivity index (χ0n) is 13.9. The molecule has 1 amide bonds. The van der Waals surface area contributed by atoms with Crippen LogP contribution >= 0.6 is 0 Å². The van der Waals surface area contributed by atoms with Gasteiger partial charge in [0.15, 0.2) is 6.61 Å². The summed E-state index contributed by atoms with van der Waals surface area (Å²) in [6.45, 7) is -1.31. The molecular formula is C17H20F3NO4. The Hall–Kier alpha value is -2.25. The van der Waals surface area contributed by atoms with Gasteiger partial charge in [-0.1, -0.05) is 6.07 Å². The number of fused-ring (bicyclic) bond motifs is 1. The van der Waals surface area contributed by atoms with E-state index in [1.165, 1.54) is 12.5 Å². The molecule has 1 aromatic rings. The van der Waals surface area contributed by atoms with Crippen molar-refractivity contribution in [1.82, 2.24) is 4.90 Å². The van der Waals surface area contributed by atoms with E-state index in [1.54, 1.807) is 12.1 Å². The van der Waals surface area contributed by atoms with Gasteiger partial charge in [-0.15, -0.1) is 0 Å². The highest BCUT2D eigenvalue weighted by atomic mass is 19.4. The van der Waals surface area contributed by atoms with Gasteiger partial charge in [-0.25, -0.2) is 0 Å². The maximum Gasteiger partial charge on any atom is 0.406 e. The van der Waals surface area contributed by atoms with Gasteiger partial charge in [0.25, 0.3) is 5.91 Å². The van der Waals surface area contributed by atoms with E-state index in [0.717, 1.165) is 24.8 Å². The van der Waals surface area contributed by atoms with Gasteiger partial charge in [-0.2, -0.15) is 13.2 Å². The SMILES string of the molecule is CCOC(=O)CN(CC(F)(F)F)C(=O)COc1ccc2c(c1)CCC2. The summed E-state index contributed by atoms with van der Waals surface area (Å²) in [5, 5.41) is 0. The summed E-state index contributed by atoms with van der Waals surface area (Å²) in [4.78, 5) is 23.9. The van der Waals surface area contributed by atoms with E-state index in [4.69, 9.17) is 4.74 Å². The molecule has 138 valence electrons. The Balaban J connectivity index is 1.96. The van der Waals surface area contributed by atoms with Crippen LogP contribution in [0.2, 0.25) is 0 Å². The average molecular weight is 359 g/mol. The number of carbonyl (C=O) groups excluding carboxylic acids is 2. The Labute approximate surface area is 143 Å². The largest absolute Gasteiger partial charge is 0.484 e. The van der Waals surface area contributed by atoms with Crippen LogP contribution in [0.1, 0.15) is 24.5 Å². The first kappa shape index (κ1) is 19.1. The third-order valence-electron chi connectivity index (χ3n) is 3.78. The van der Waals surface area contributed by atoms with E-state index in [1.807, 2.05) is 6.07 Å². The van der Waals surface area contributed by atoms with Crippen molar-refractivity contribution < 1.29 is 32.2 Å². The highest BCUT2D eigenvalue weighted by Gasteiger charge is 2.34. The first-order valence-electron chi connectivity index (χ1n) is 8.03. The second kappa shape index (κ2) is 8.22. The molecule has 0 saturated carbocycles. The van der Waals surface area contributed by atoms with Crippen molar-refractivity contribution in [3.05, 3.63) is 29.3 Å². The van der Waals surface area contributed by atoms with Crippen LogP contribution < -0.4 is 4.74 Å². The number of amides is 1. The molecule has 0 atom stereocenters. The number of ether oxygens (including phenoxy) is 2. The predicted molar refractivity (Wildman–Crippen MR) is 83.2 cm³/mol. The molecule has 0 aromatic heterocycles. The molecule has 2 rings (SSSR count). The summed E-state index contributed by atoms with van der Waals surface area (Å²) in [6.07, 6.45) is -1.65. The molecular weight excluding hydrogens is 339 g/mol. The number of alkyl halides is 3. The number of aryl methyl sites for hydroxylation is 2. The lowest BCUT2D eigenvalue weighted by atomic mass is 10.1. The quantitative estimate of drug-likeness (QED) is 0.702. The van der Waals surface area contributed by atoms with Crippen LogP contribution in [0.15, 0.2) is 18.2 Å². The minimum atomic E-state index is -4.62. The molecule has 0 unspecified atom stereocenters. The number of rotatable bonds is 7. The summed E-state index contributed by atoms with van der Waals surface area (Å²) >= 11 is 0. The van der Waals surface area contributed by atoms with Crippen molar-refractivity contribution in [3.8, 4) is 5.75 Å². The van der Waals surface area contributed by atoms with Crippen LogP contribution in [0.4, 0.5) is 13.2 Å². The predicted octanol–water partition coefficient (Wildman–Crippen LogP) is 2.51. The van der Waals surface area contributed by atoms with Crippen LogP contribution in [-0.2, 0) is 27.2 Å². The lowest BCUT2D eigenvalue weighted by Crippen LogP contribution is -2.44. The van der Waals surface area contributed by atoms with Gasteiger partial charge in [0.1, 0.15) is 18.8 Å². The highest BCUT2D eigenvalue weighted by molar-refractivity contribution is 5.83. The van der Waals surface area contributed by atoms with Crippen molar-refractivity contribution in [2.45, 2.75) is 32.4 Å². The molecule has 5 nitrogen and oxygen atoms in total. The Morgan fingerprint density at radius 1 is 1.20 bits per heavy atom. The van der Waals surface area contributed by atoms with E-state index in [0.29, 0.717) is 10.6 Å². The lowest BCUT2D eigenvalue weighted by Gasteiger charge is -2.23. The fraction of sp³-hybridized carbons (Fsp3) is 0.529. The molecule has 0 aliphatic heterocycles. The Morgan fingerprint density at radius 2 is 1.92 bits per heavy atom. The van der Waals surface area contributed by atoms with Crippen LogP contribution in [0.25, 0.3) is 0 Å². The number of nitrogens with zero attached hydrogens (tertiary/aromatic N) is 1. The van der Waals surface area contributed by atoms with Crippen molar-refractivity contribution in [2.24, 2.45) is 0 Å². The summed E-state index contributed by atoms with van der Waals surface area (Å²) < 4.78 is 47.8. The molecule has 0 bridgehead atoms. The third-order valence-corrected chi connectivity index (χ3v) is 3.78. The first-order chi connectivity index (χ1) is 11.8. The minimum Gasteiger partial charge on any atom is -0.484 e. The molecule has 25 heavy (non-hydrogen) atoms. The third kappa shape index (κ3) is 5.95. The Kier molecular flexibility index (Phi) is 6.27. The van der Waals surface area contributed by atoms with Gasteiger partial charge in [-0.3, -0.25) is 9.59 Å². The smallest absolute Gasteiger partial charge is 0.406 e. The van der Waals surface area contributed by atoms with E-state index >= 15 is 0 Å². The highest BCUT2D eigenvalue weighted by Crippen LogP contribution is 2.26. The lowest BCUT2D eigenvalue weighted by molar-refractivity contribution is -0.168. The number of carbonyl (C=O) groups is 2. The summed E-state index contributed by atoms with van der Waals surface area (Å²) in [5.74, 6) is -1.39. The molecule has 0 fully saturated rings. The fourth-order valence-corrected chi connectivity index (χ4v) is 2.69. The van der Waals surface area contributed by atoms with Gasteiger partial charge in [0.05, 0.1) is 6.61 Å². The number of benzene rings is 1. The van der Waals surface area contributed by atoms with Gasteiger partial charge >= 0.3 is 12.1 Å². The fourth-order valence-electron chi connectivity index (χ4n) is 2.69. The van der Waals surface area contributed by atoms with Crippen LogP contribution in [0.3, 0.4) is 0 Å². The molecule has 1 aliphatic rings. The second-order valence-corrected chi connectivity index (χ2v) is 5.74. The van der Waals surface area contributed by atoms with Crippen molar-refractivity contribution in [1.29, 1.82) is 0 Å². The van der Waals surface area contributed by atoms with Crippen LogP contribution in [-0.4, -0.2) is 49.3 Å². The van der Waals surface area contributed by atoms with Crippen molar-refractivity contribution in [2.75, 3.05) is 26.3 Å². The topological polar surface area (TPSA) is 55.8 Å². The molecule has 0 radical (unpaired) electrons. The maximum atomic E-state index is 12.6. The molecule has 8 heteroatoms. The summed E-state index contributed by atoms with van der Waals surface area (Å²) in [5.41, 5.74) is 2.35. The molecule has 1 aliphatic carbocycles. The standard InChI is InChI=1S/C17H20F3NO4/c1-2-24-16(23)9-21(11-17(18,19)20)15(22)10-25-14-7-6-12-4-3-5-13(12)8-14/h6-8H,2-5,9-11H2,1H3. The van der Waals surface area contributed by atoms with Crippen LogP contribution in [0.5, 0.6) is 5.75 Å². The Bertz CT molecular complexity index is 631. The van der Waals surface area contributed by atoms with E-state index in [9.17, 15) is 22.8 Å². The van der Waals surface area contributed by atoms with Crippen molar-refractivity contribution >= 4 is 11.9 Å². The van der Waals surface area contributed by atoms with E-state index < -0.39 is 37.7 Å².